The lowest BCUT2D eigenvalue weighted by atomic mass is 10.1. The minimum Gasteiger partial charge on any atom is -0.497 e. The molecule has 0 aliphatic carbocycles. The summed E-state index contributed by atoms with van der Waals surface area (Å²) in [6, 6.07) is 14.3. The maximum atomic E-state index is 12.1. The van der Waals surface area contributed by atoms with Crippen LogP contribution in [0.15, 0.2) is 57.7 Å². The van der Waals surface area contributed by atoms with E-state index in [1.807, 2.05) is 18.2 Å². The Morgan fingerprint density at radius 3 is 2.70 bits per heavy atom. The third-order valence-corrected chi connectivity index (χ3v) is 3.31. The van der Waals surface area contributed by atoms with Gasteiger partial charge < -0.3 is 9.15 Å². The summed E-state index contributed by atoms with van der Waals surface area (Å²) in [5, 5.41) is 1.41. The van der Waals surface area contributed by atoms with Gasteiger partial charge in [0.1, 0.15) is 11.3 Å². The predicted octanol–water partition coefficient (Wildman–Crippen LogP) is 4.12. The Balaban J connectivity index is 2.23. The van der Waals surface area contributed by atoms with Gasteiger partial charge in [0.05, 0.1) is 12.7 Å². The molecule has 0 spiro atoms. The summed E-state index contributed by atoms with van der Waals surface area (Å²) in [7, 11) is 1.57. The highest BCUT2D eigenvalue weighted by Gasteiger charge is 2.08. The second kappa shape index (κ2) is 5.02. The van der Waals surface area contributed by atoms with Crippen molar-refractivity contribution in [3.8, 4) is 16.9 Å². The topological polar surface area (TPSA) is 39.4 Å². The predicted molar refractivity (Wildman–Crippen MR) is 79.5 cm³/mol. The minimum absolute atomic E-state index is 0.395. The molecule has 0 aliphatic heterocycles. The summed E-state index contributed by atoms with van der Waals surface area (Å²) in [5.41, 5.74) is 1.34. The van der Waals surface area contributed by atoms with E-state index in [1.54, 1.807) is 37.4 Å². The summed E-state index contributed by atoms with van der Waals surface area (Å²) in [6.07, 6.45) is 0. The molecule has 0 atom stereocenters. The third kappa shape index (κ3) is 2.28. The van der Waals surface area contributed by atoms with Gasteiger partial charge in [0, 0.05) is 16.5 Å². The number of ether oxygens (including phenoxy) is 1. The van der Waals surface area contributed by atoms with Crippen LogP contribution in [-0.4, -0.2) is 7.11 Å². The first kappa shape index (κ1) is 12.8. The Morgan fingerprint density at radius 2 is 1.95 bits per heavy atom. The van der Waals surface area contributed by atoms with E-state index >= 15 is 0 Å². The van der Waals surface area contributed by atoms with Crippen LogP contribution in [0.25, 0.3) is 22.1 Å². The van der Waals surface area contributed by atoms with Crippen LogP contribution in [0.4, 0.5) is 0 Å². The van der Waals surface area contributed by atoms with Crippen molar-refractivity contribution >= 4 is 22.6 Å². The number of rotatable bonds is 2. The molecule has 20 heavy (non-hydrogen) atoms. The van der Waals surface area contributed by atoms with Gasteiger partial charge in [-0.25, -0.2) is 4.79 Å². The molecular formula is C16H11ClO3. The largest absolute Gasteiger partial charge is 0.497 e. The van der Waals surface area contributed by atoms with E-state index in [0.717, 1.165) is 10.9 Å². The SMILES string of the molecule is COc1ccc2cc(-c3cccc(Cl)c3)c(=O)oc2c1. The zero-order valence-electron chi connectivity index (χ0n) is 10.7. The number of hydrogen-bond donors (Lipinski definition) is 0. The molecule has 3 rings (SSSR count). The second-order valence-electron chi connectivity index (χ2n) is 4.36. The number of methoxy groups -OCH3 is 1. The zero-order valence-corrected chi connectivity index (χ0v) is 11.5. The summed E-state index contributed by atoms with van der Waals surface area (Å²) in [4.78, 5) is 12.1. The van der Waals surface area contributed by atoms with E-state index in [4.69, 9.17) is 20.8 Å². The van der Waals surface area contributed by atoms with Crippen molar-refractivity contribution in [3.05, 3.63) is 64.0 Å². The Morgan fingerprint density at radius 1 is 1.10 bits per heavy atom. The quantitative estimate of drug-likeness (QED) is 0.665. The molecule has 0 aliphatic rings. The van der Waals surface area contributed by atoms with Crippen LogP contribution >= 0.6 is 11.6 Å². The number of benzene rings is 2. The first-order valence-electron chi connectivity index (χ1n) is 6.05. The van der Waals surface area contributed by atoms with Gasteiger partial charge in [0.25, 0.3) is 0 Å². The summed E-state index contributed by atoms with van der Waals surface area (Å²) >= 11 is 5.96. The van der Waals surface area contributed by atoms with Crippen molar-refractivity contribution in [2.75, 3.05) is 7.11 Å². The maximum Gasteiger partial charge on any atom is 0.344 e. The van der Waals surface area contributed by atoms with Gasteiger partial charge in [-0.05, 0) is 35.9 Å². The maximum absolute atomic E-state index is 12.1. The standard InChI is InChI=1S/C16H11ClO3/c1-19-13-6-5-11-8-14(16(18)20-15(11)9-13)10-3-2-4-12(17)7-10/h2-9H,1H3. The van der Waals surface area contributed by atoms with Gasteiger partial charge in [-0.1, -0.05) is 23.7 Å². The fourth-order valence-corrected chi connectivity index (χ4v) is 2.27. The molecular weight excluding hydrogens is 276 g/mol. The Hall–Kier alpha value is -2.26. The molecule has 0 N–H and O–H groups in total. The summed E-state index contributed by atoms with van der Waals surface area (Å²) in [5.74, 6) is 0.649. The smallest absolute Gasteiger partial charge is 0.344 e. The molecule has 1 heterocycles. The van der Waals surface area contributed by atoms with E-state index < -0.39 is 5.63 Å². The van der Waals surface area contributed by atoms with Gasteiger partial charge in [0.15, 0.2) is 0 Å². The molecule has 0 radical (unpaired) electrons. The van der Waals surface area contributed by atoms with E-state index in [2.05, 4.69) is 0 Å². The van der Waals surface area contributed by atoms with E-state index in [1.165, 1.54) is 0 Å². The molecule has 4 heteroatoms. The molecule has 0 saturated carbocycles. The monoisotopic (exact) mass is 286 g/mol. The van der Waals surface area contributed by atoms with Crippen LogP contribution in [0, 0.1) is 0 Å². The second-order valence-corrected chi connectivity index (χ2v) is 4.80. The highest BCUT2D eigenvalue weighted by molar-refractivity contribution is 6.30. The highest BCUT2D eigenvalue weighted by atomic mass is 35.5. The fraction of sp³-hybridized carbons (Fsp3) is 0.0625. The number of halogens is 1. The van der Waals surface area contributed by atoms with E-state index in [-0.39, 0.29) is 0 Å². The van der Waals surface area contributed by atoms with Crippen molar-refractivity contribution in [3.63, 3.8) is 0 Å². The molecule has 100 valence electrons. The van der Waals surface area contributed by atoms with Crippen molar-refractivity contribution in [1.82, 2.24) is 0 Å². The molecule has 3 aromatic rings. The molecule has 0 saturated heterocycles. The normalized spacial score (nSPS) is 10.7. The average molecular weight is 287 g/mol. The van der Waals surface area contributed by atoms with Crippen LogP contribution in [0.2, 0.25) is 5.02 Å². The Bertz CT molecular complexity index is 836. The summed E-state index contributed by atoms with van der Waals surface area (Å²) < 4.78 is 10.5. The van der Waals surface area contributed by atoms with Crippen LogP contribution in [0.3, 0.4) is 0 Å². The van der Waals surface area contributed by atoms with Crippen molar-refractivity contribution in [1.29, 1.82) is 0 Å². The van der Waals surface area contributed by atoms with Crippen molar-refractivity contribution in [2.24, 2.45) is 0 Å². The molecule has 0 unspecified atom stereocenters. The minimum atomic E-state index is -0.395. The lowest BCUT2D eigenvalue weighted by Gasteiger charge is -2.04. The van der Waals surface area contributed by atoms with Gasteiger partial charge in [0.2, 0.25) is 0 Å². The van der Waals surface area contributed by atoms with Gasteiger partial charge in [-0.3, -0.25) is 0 Å². The first-order chi connectivity index (χ1) is 9.67. The lowest BCUT2D eigenvalue weighted by molar-refractivity contribution is 0.414. The van der Waals surface area contributed by atoms with Gasteiger partial charge >= 0.3 is 5.63 Å². The van der Waals surface area contributed by atoms with Crippen LogP contribution < -0.4 is 10.4 Å². The third-order valence-electron chi connectivity index (χ3n) is 3.08. The molecule has 2 aromatic carbocycles. The molecule has 3 nitrogen and oxygen atoms in total. The summed E-state index contributed by atoms with van der Waals surface area (Å²) in [6.45, 7) is 0. The highest BCUT2D eigenvalue weighted by Crippen LogP contribution is 2.25. The van der Waals surface area contributed by atoms with Crippen LogP contribution in [-0.2, 0) is 0 Å². The van der Waals surface area contributed by atoms with Gasteiger partial charge in [-0.2, -0.15) is 0 Å². The zero-order chi connectivity index (χ0) is 14.1. The van der Waals surface area contributed by atoms with Crippen molar-refractivity contribution < 1.29 is 9.15 Å². The van der Waals surface area contributed by atoms with E-state index in [9.17, 15) is 4.79 Å². The van der Waals surface area contributed by atoms with Gasteiger partial charge in [-0.15, -0.1) is 0 Å². The number of hydrogen-bond acceptors (Lipinski definition) is 3. The average Bonchev–Trinajstić information content (AvgIpc) is 2.46. The first-order valence-corrected chi connectivity index (χ1v) is 6.43. The molecule has 1 aromatic heterocycles. The van der Waals surface area contributed by atoms with Crippen LogP contribution in [0.1, 0.15) is 0 Å². The lowest BCUT2D eigenvalue weighted by Crippen LogP contribution is -2.02. The fourth-order valence-electron chi connectivity index (χ4n) is 2.08. The van der Waals surface area contributed by atoms with Crippen LogP contribution in [0.5, 0.6) is 5.75 Å². The Labute approximate surface area is 120 Å². The van der Waals surface area contributed by atoms with E-state index in [0.29, 0.717) is 21.9 Å². The molecule has 0 fully saturated rings. The van der Waals surface area contributed by atoms with Crippen molar-refractivity contribution in [2.45, 2.75) is 0 Å². The number of fused-ring (bicyclic) bond motifs is 1. The molecule has 0 bridgehead atoms. The molecule has 0 amide bonds. The Kier molecular flexibility index (Phi) is 3.20.